The van der Waals surface area contributed by atoms with Crippen LogP contribution < -0.4 is 15.7 Å². The van der Waals surface area contributed by atoms with E-state index in [0.717, 1.165) is 33.5 Å². The first-order valence-corrected chi connectivity index (χ1v) is 10.3. The van der Waals surface area contributed by atoms with Crippen LogP contribution in [0.2, 0.25) is 0 Å². The van der Waals surface area contributed by atoms with Crippen LogP contribution in [0.5, 0.6) is 5.75 Å². The van der Waals surface area contributed by atoms with Gasteiger partial charge in [0.1, 0.15) is 17.9 Å². The van der Waals surface area contributed by atoms with Crippen LogP contribution in [0.4, 0.5) is 16.2 Å². The zero-order chi connectivity index (χ0) is 23.2. The number of carbonyl (C=O) groups excluding carboxylic acids is 1. The molecule has 3 aromatic carbocycles. The zero-order valence-electron chi connectivity index (χ0n) is 18.2. The molecule has 0 saturated heterocycles. The van der Waals surface area contributed by atoms with E-state index in [1.54, 1.807) is 31.5 Å². The monoisotopic (exact) mass is 442 g/mol. The summed E-state index contributed by atoms with van der Waals surface area (Å²) in [7, 11) is 1.63. The fourth-order valence-corrected chi connectivity index (χ4v) is 3.22. The Morgan fingerprint density at radius 3 is 2.52 bits per heavy atom. The Morgan fingerprint density at radius 2 is 1.79 bits per heavy atom. The van der Waals surface area contributed by atoms with Crippen molar-refractivity contribution < 1.29 is 18.7 Å². The minimum atomic E-state index is -0.606. The Kier molecular flexibility index (Phi) is 6.50. The zero-order valence-corrected chi connectivity index (χ0v) is 18.2. The minimum Gasteiger partial charge on any atom is -0.497 e. The standard InChI is InChI=1S/C26H22N2O5/c1-17-13-25(29)33-24-14-21(9-12-23(17)24)28-26(30)32-16-19-3-7-20(8-4-19)27-15-18-5-10-22(31-2)11-6-18/h3-15H,16H2,1-2H3,(H,28,30). The number of anilines is 1. The predicted molar refractivity (Wildman–Crippen MR) is 128 cm³/mol. The number of rotatable bonds is 6. The maximum Gasteiger partial charge on any atom is 0.411 e. The third-order valence-corrected chi connectivity index (χ3v) is 4.98. The van der Waals surface area contributed by atoms with E-state index in [9.17, 15) is 9.59 Å². The molecule has 0 unspecified atom stereocenters. The molecule has 0 bridgehead atoms. The van der Waals surface area contributed by atoms with Gasteiger partial charge in [0.2, 0.25) is 0 Å². The molecule has 4 aromatic rings. The maximum absolute atomic E-state index is 12.2. The second-order valence-corrected chi connectivity index (χ2v) is 7.36. The molecule has 0 aliphatic rings. The number of fused-ring (bicyclic) bond motifs is 1. The van der Waals surface area contributed by atoms with Gasteiger partial charge in [0, 0.05) is 29.4 Å². The van der Waals surface area contributed by atoms with Crippen molar-refractivity contribution in [2.75, 3.05) is 12.4 Å². The van der Waals surface area contributed by atoms with Gasteiger partial charge in [0.15, 0.2) is 0 Å². The summed E-state index contributed by atoms with van der Waals surface area (Å²) in [6, 6.07) is 21.5. The third-order valence-electron chi connectivity index (χ3n) is 4.98. The fourth-order valence-electron chi connectivity index (χ4n) is 3.22. The molecule has 0 radical (unpaired) electrons. The van der Waals surface area contributed by atoms with E-state index in [1.165, 1.54) is 6.07 Å². The molecule has 7 nitrogen and oxygen atoms in total. The molecule has 0 aliphatic heterocycles. The van der Waals surface area contributed by atoms with Crippen LogP contribution in [0.15, 0.2) is 87.0 Å². The van der Waals surface area contributed by atoms with E-state index < -0.39 is 11.7 Å². The van der Waals surface area contributed by atoms with Crippen molar-refractivity contribution in [3.63, 3.8) is 0 Å². The van der Waals surface area contributed by atoms with E-state index in [4.69, 9.17) is 13.9 Å². The van der Waals surface area contributed by atoms with Crippen molar-refractivity contribution in [1.29, 1.82) is 0 Å². The summed E-state index contributed by atoms with van der Waals surface area (Å²) in [5.41, 5.74) is 3.83. The fraction of sp³-hybridized carbons (Fsp3) is 0.115. The lowest BCUT2D eigenvalue weighted by Crippen LogP contribution is -2.13. The lowest BCUT2D eigenvalue weighted by Gasteiger charge is -2.08. The van der Waals surface area contributed by atoms with Gasteiger partial charge in [-0.3, -0.25) is 10.3 Å². The molecule has 0 atom stereocenters. The molecular weight excluding hydrogens is 420 g/mol. The number of aryl methyl sites for hydroxylation is 1. The molecule has 33 heavy (non-hydrogen) atoms. The molecule has 1 amide bonds. The number of hydrogen-bond donors (Lipinski definition) is 1. The summed E-state index contributed by atoms with van der Waals surface area (Å²) >= 11 is 0. The number of methoxy groups -OCH3 is 1. The van der Waals surface area contributed by atoms with Gasteiger partial charge in [-0.25, -0.2) is 9.59 Å². The molecule has 1 N–H and O–H groups in total. The number of carbonyl (C=O) groups is 1. The molecule has 0 saturated carbocycles. The lowest BCUT2D eigenvalue weighted by molar-refractivity contribution is 0.155. The summed E-state index contributed by atoms with van der Waals surface area (Å²) in [4.78, 5) is 28.2. The van der Waals surface area contributed by atoms with Crippen LogP contribution in [0.3, 0.4) is 0 Å². The van der Waals surface area contributed by atoms with Crippen molar-refractivity contribution in [3.8, 4) is 5.75 Å². The number of nitrogens with zero attached hydrogens (tertiary/aromatic N) is 1. The van der Waals surface area contributed by atoms with Crippen LogP contribution in [-0.4, -0.2) is 19.4 Å². The SMILES string of the molecule is COc1ccc(C=Nc2ccc(COC(=O)Nc3ccc4c(C)cc(=O)oc4c3)cc2)cc1. The van der Waals surface area contributed by atoms with Gasteiger partial charge in [-0.05, 0) is 72.1 Å². The molecule has 0 fully saturated rings. The molecule has 0 spiro atoms. The molecular formula is C26H22N2O5. The Morgan fingerprint density at radius 1 is 1.03 bits per heavy atom. The van der Waals surface area contributed by atoms with Crippen LogP contribution >= 0.6 is 0 Å². The smallest absolute Gasteiger partial charge is 0.411 e. The normalized spacial score (nSPS) is 11.0. The van der Waals surface area contributed by atoms with Crippen LogP contribution in [-0.2, 0) is 11.3 Å². The van der Waals surface area contributed by atoms with E-state index >= 15 is 0 Å². The van der Waals surface area contributed by atoms with Gasteiger partial charge in [-0.15, -0.1) is 0 Å². The Balaban J connectivity index is 1.32. The summed E-state index contributed by atoms with van der Waals surface area (Å²) in [5.74, 6) is 0.794. The first-order chi connectivity index (χ1) is 16.0. The van der Waals surface area contributed by atoms with E-state index in [2.05, 4.69) is 10.3 Å². The quantitative estimate of drug-likeness (QED) is 0.310. The highest BCUT2D eigenvalue weighted by molar-refractivity contribution is 5.89. The lowest BCUT2D eigenvalue weighted by atomic mass is 10.1. The second-order valence-electron chi connectivity index (χ2n) is 7.36. The number of ether oxygens (including phenoxy) is 2. The minimum absolute atomic E-state index is 0.107. The van der Waals surface area contributed by atoms with Gasteiger partial charge in [-0.2, -0.15) is 0 Å². The Bertz CT molecular complexity index is 1360. The average Bonchev–Trinajstić information content (AvgIpc) is 2.82. The van der Waals surface area contributed by atoms with E-state index in [1.807, 2.05) is 55.5 Å². The van der Waals surface area contributed by atoms with Gasteiger partial charge in [0.05, 0.1) is 12.8 Å². The Hall–Kier alpha value is -4.39. The van der Waals surface area contributed by atoms with Crippen LogP contribution in [0, 0.1) is 6.92 Å². The van der Waals surface area contributed by atoms with Crippen LogP contribution in [0.25, 0.3) is 11.0 Å². The molecule has 7 heteroatoms. The molecule has 1 aromatic heterocycles. The van der Waals surface area contributed by atoms with Gasteiger partial charge < -0.3 is 13.9 Å². The number of nitrogens with one attached hydrogen (secondary N) is 1. The highest BCUT2D eigenvalue weighted by Crippen LogP contribution is 2.21. The maximum atomic E-state index is 12.2. The molecule has 1 heterocycles. The topological polar surface area (TPSA) is 90.1 Å². The van der Waals surface area contributed by atoms with Crippen molar-refractivity contribution in [2.24, 2.45) is 4.99 Å². The van der Waals surface area contributed by atoms with E-state index in [0.29, 0.717) is 11.3 Å². The molecule has 166 valence electrons. The highest BCUT2D eigenvalue weighted by Gasteiger charge is 2.07. The first kappa shape index (κ1) is 21.8. The number of hydrogen-bond acceptors (Lipinski definition) is 6. The predicted octanol–water partition coefficient (Wildman–Crippen LogP) is 5.61. The van der Waals surface area contributed by atoms with Crippen molar-refractivity contribution in [2.45, 2.75) is 13.5 Å². The summed E-state index contributed by atoms with van der Waals surface area (Å²) in [5, 5.41) is 3.45. The third kappa shape index (κ3) is 5.65. The van der Waals surface area contributed by atoms with Crippen molar-refractivity contribution in [1.82, 2.24) is 0 Å². The number of aliphatic imine (C=N–C) groups is 1. The largest absolute Gasteiger partial charge is 0.497 e. The number of benzene rings is 3. The average molecular weight is 442 g/mol. The van der Waals surface area contributed by atoms with Gasteiger partial charge >= 0.3 is 11.7 Å². The summed E-state index contributed by atoms with van der Waals surface area (Å²) in [6.07, 6.45) is 1.16. The number of amides is 1. The van der Waals surface area contributed by atoms with Crippen molar-refractivity contribution >= 4 is 34.7 Å². The second kappa shape index (κ2) is 9.82. The molecule has 0 aliphatic carbocycles. The summed E-state index contributed by atoms with van der Waals surface area (Å²) in [6.45, 7) is 1.94. The van der Waals surface area contributed by atoms with Crippen molar-refractivity contribution in [3.05, 3.63) is 99.9 Å². The van der Waals surface area contributed by atoms with Crippen LogP contribution in [0.1, 0.15) is 16.7 Å². The Labute approximate surface area is 190 Å². The van der Waals surface area contributed by atoms with Gasteiger partial charge in [0.25, 0.3) is 0 Å². The van der Waals surface area contributed by atoms with E-state index in [-0.39, 0.29) is 6.61 Å². The summed E-state index contributed by atoms with van der Waals surface area (Å²) < 4.78 is 15.6. The first-order valence-electron chi connectivity index (χ1n) is 10.3. The van der Waals surface area contributed by atoms with Gasteiger partial charge in [-0.1, -0.05) is 12.1 Å². The molecule has 4 rings (SSSR count). The highest BCUT2D eigenvalue weighted by atomic mass is 16.5.